The molecule has 0 saturated heterocycles. The Labute approximate surface area is 111 Å². The molecular weight excluding hydrogens is 276 g/mol. The number of carbonyl (C=O) groups is 1. The van der Waals surface area contributed by atoms with Crippen LogP contribution in [0.2, 0.25) is 0 Å². The minimum atomic E-state index is -4.62. The van der Waals surface area contributed by atoms with Crippen molar-refractivity contribution in [3.8, 4) is 11.1 Å². The van der Waals surface area contributed by atoms with Gasteiger partial charge in [-0.1, -0.05) is 24.3 Å². The highest BCUT2D eigenvalue weighted by molar-refractivity contribution is 5.96. The molecule has 0 fully saturated rings. The minimum absolute atomic E-state index is 0.174. The maximum absolute atomic E-state index is 13.1. The fraction of sp³-hybridized carbons (Fsp3) is 0.0714. The fourth-order valence-electron chi connectivity index (χ4n) is 1.89. The average molecular weight is 284 g/mol. The zero-order valence-electron chi connectivity index (χ0n) is 9.91. The SMILES string of the molecule is O=C(O)c1cc(F)ccc1-c1ccccc1C(F)(F)F. The van der Waals surface area contributed by atoms with E-state index in [1.165, 1.54) is 12.1 Å². The van der Waals surface area contributed by atoms with Crippen molar-refractivity contribution in [3.63, 3.8) is 0 Å². The van der Waals surface area contributed by atoms with E-state index in [2.05, 4.69) is 0 Å². The van der Waals surface area contributed by atoms with Gasteiger partial charge >= 0.3 is 12.1 Å². The van der Waals surface area contributed by atoms with Crippen LogP contribution in [0.5, 0.6) is 0 Å². The largest absolute Gasteiger partial charge is 0.478 e. The molecule has 0 unspecified atom stereocenters. The highest BCUT2D eigenvalue weighted by Crippen LogP contribution is 2.38. The van der Waals surface area contributed by atoms with E-state index in [9.17, 15) is 22.4 Å². The number of carboxylic acids is 1. The van der Waals surface area contributed by atoms with Crippen molar-refractivity contribution in [2.75, 3.05) is 0 Å². The lowest BCUT2D eigenvalue weighted by molar-refractivity contribution is -0.137. The Morgan fingerprint density at radius 3 is 2.25 bits per heavy atom. The summed E-state index contributed by atoms with van der Waals surface area (Å²) in [7, 11) is 0. The van der Waals surface area contributed by atoms with Gasteiger partial charge in [-0.3, -0.25) is 0 Å². The summed E-state index contributed by atoms with van der Waals surface area (Å²) in [6.07, 6.45) is -4.62. The van der Waals surface area contributed by atoms with Gasteiger partial charge < -0.3 is 5.11 Å². The summed E-state index contributed by atoms with van der Waals surface area (Å²) in [6, 6.07) is 7.23. The van der Waals surface area contributed by atoms with Gasteiger partial charge in [-0.25, -0.2) is 9.18 Å². The van der Waals surface area contributed by atoms with Crippen LogP contribution >= 0.6 is 0 Å². The Balaban J connectivity index is 2.73. The average Bonchev–Trinajstić information content (AvgIpc) is 2.37. The second-order valence-electron chi connectivity index (χ2n) is 4.04. The third-order valence-electron chi connectivity index (χ3n) is 2.73. The van der Waals surface area contributed by atoms with Crippen molar-refractivity contribution < 1.29 is 27.5 Å². The quantitative estimate of drug-likeness (QED) is 0.839. The molecule has 0 spiro atoms. The van der Waals surface area contributed by atoms with Gasteiger partial charge in [0, 0.05) is 0 Å². The number of halogens is 4. The van der Waals surface area contributed by atoms with Crippen molar-refractivity contribution in [1.82, 2.24) is 0 Å². The monoisotopic (exact) mass is 284 g/mol. The zero-order valence-corrected chi connectivity index (χ0v) is 9.91. The topological polar surface area (TPSA) is 37.3 Å². The molecule has 0 aliphatic rings. The number of carboxylic acid groups (broad SMARTS) is 1. The highest BCUT2D eigenvalue weighted by atomic mass is 19.4. The van der Waals surface area contributed by atoms with Crippen LogP contribution in [0.1, 0.15) is 15.9 Å². The van der Waals surface area contributed by atoms with Crippen molar-refractivity contribution in [3.05, 3.63) is 59.4 Å². The normalized spacial score (nSPS) is 11.4. The molecule has 0 amide bonds. The van der Waals surface area contributed by atoms with E-state index in [1.807, 2.05) is 0 Å². The number of alkyl halides is 3. The second kappa shape index (κ2) is 4.96. The van der Waals surface area contributed by atoms with Gasteiger partial charge in [0.15, 0.2) is 0 Å². The summed E-state index contributed by atoms with van der Waals surface area (Å²) < 4.78 is 51.8. The molecule has 104 valence electrons. The van der Waals surface area contributed by atoms with E-state index >= 15 is 0 Å². The molecule has 1 N–H and O–H groups in total. The molecular formula is C14H8F4O2. The maximum Gasteiger partial charge on any atom is 0.417 e. The van der Waals surface area contributed by atoms with Gasteiger partial charge in [0.2, 0.25) is 0 Å². The van der Waals surface area contributed by atoms with Gasteiger partial charge in [-0.2, -0.15) is 13.2 Å². The van der Waals surface area contributed by atoms with Crippen LogP contribution in [0.25, 0.3) is 11.1 Å². The van der Waals surface area contributed by atoms with Crippen LogP contribution in [0, 0.1) is 5.82 Å². The van der Waals surface area contributed by atoms with Gasteiger partial charge in [-0.05, 0) is 29.3 Å². The lowest BCUT2D eigenvalue weighted by Crippen LogP contribution is -2.09. The van der Waals surface area contributed by atoms with Crippen LogP contribution < -0.4 is 0 Å². The number of rotatable bonds is 2. The van der Waals surface area contributed by atoms with E-state index in [-0.39, 0.29) is 11.1 Å². The van der Waals surface area contributed by atoms with Crippen molar-refractivity contribution in [2.45, 2.75) is 6.18 Å². The molecule has 6 heteroatoms. The Morgan fingerprint density at radius 2 is 1.65 bits per heavy atom. The van der Waals surface area contributed by atoms with Crippen LogP contribution in [0.3, 0.4) is 0 Å². The number of benzene rings is 2. The number of hydrogen-bond acceptors (Lipinski definition) is 1. The van der Waals surface area contributed by atoms with Gasteiger partial charge in [0.25, 0.3) is 0 Å². The molecule has 0 heterocycles. The summed E-state index contributed by atoms with van der Waals surface area (Å²) in [5.41, 5.74) is -1.94. The molecule has 0 bridgehead atoms. The smallest absolute Gasteiger partial charge is 0.417 e. The van der Waals surface area contributed by atoms with E-state index in [0.29, 0.717) is 6.07 Å². The molecule has 0 radical (unpaired) electrons. The first-order chi connectivity index (χ1) is 9.30. The van der Waals surface area contributed by atoms with Gasteiger partial charge in [0.05, 0.1) is 11.1 Å². The molecule has 0 aliphatic carbocycles. The molecule has 2 aromatic rings. The zero-order chi connectivity index (χ0) is 14.9. The predicted molar refractivity (Wildman–Crippen MR) is 63.8 cm³/mol. The second-order valence-corrected chi connectivity index (χ2v) is 4.04. The fourth-order valence-corrected chi connectivity index (χ4v) is 1.89. The third kappa shape index (κ3) is 2.64. The molecule has 0 aromatic heterocycles. The first-order valence-corrected chi connectivity index (χ1v) is 5.50. The van der Waals surface area contributed by atoms with Crippen molar-refractivity contribution in [2.24, 2.45) is 0 Å². The summed E-state index contributed by atoms with van der Waals surface area (Å²) in [4.78, 5) is 11.1. The molecule has 0 saturated carbocycles. The molecule has 2 aromatic carbocycles. The van der Waals surface area contributed by atoms with E-state index < -0.39 is 29.1 Å². The van der Waals surface area contributed by atoms with Crippen molar-refractivity contribution >= 4 is 5.97 Å². The molecule has 2 rings (SSSR count). The van der Waals surface area contributed by atoms with Gasteiger partial charge in [0.1, 0.15) is 5.82 Å². The number of aromatic carboxylic acids is 1. The van der Waals surface area contributed by atoms with E-state index in [1.54, 1.807) is 0 Å². The van der Waals surface area contributed by atoms with Gasteiger partial charge in [-0.15, -0.1) is 0 Å². The molecule has 0 atom stereocenters. The van der Waals surface area contributed by atoms with Crippen molar-refractivity contribution in [1.29, 1.82) is 0 Å². The molecule has 20 heavy (non-hydrogen) atoms. The molecule has 0 aliphatic heterocycles. The first kappa shape index (κ1) is 14.0. The maximum atomic E-state index is 13.1. The standard InChI is InChI=1S/C14H8F4O2/c15-8-5-6-9(11(7-8)13(19)20)10-3-1-2-4-12(10)14(16,17)18/h1-7H,(H,19,20). The summed E-state index contributed by atoms with van der Waals surface area (Å²) >= 11 is 0. The minimum Gasteiger partial charge on any atom is -0.478 e. The van der Waals surface area contributed by atoms with Crippen LogP contribution in [-0.4, -0.2) is 11.1 Å². The lowest BCUT2D eigenvalue weighted by atomic mass is 9.95. The Bertz CT molecular complexity index is 662. The summed E-state index contributed by atoms with van der Waals surface area (Å²) in [5, 5.41) is 9.00. The third-order valence-corrected chi connectivity index (χ3v) is 2.73. The molecule has 2 nitrogen and oxygen atoms in total. The Morgan fingerprint density at radius 1 is 1.00 bits per heavy atom. The Hall–Kier alpha value is -2.37. The lowest BCUT2D eigenvalue weighted by Gasteiger charge is -2.14. The van der Waals surface area contributed by atoms with Crippen LogP contribution in [0.15, 0.2) is 42.5 Å². The highest BCUT2D eigenvalue weighted by Gasteiger charge is 2.34. The van der Waals surface area contributed by atoms with Crippen LogP contribution in [0.4, 0.5) is 17.6 Å². The van der Waals surface area contributed by atoms with E-state index in [4.69, 9.17) is 5.11 Å². The predicted octanol–water partition coefficient (Wildman–Crippen LogP) is 4.21. The summed E-state index contributed by atoms with van der Waals surface area (Å²) in [5.74, 6) is -2.31. The van der Waals surface area contributed by atoms with Crippen LogP contribution in [-0.2, 0) is 6.18 Å². The Kier molecular flexibility index (Phi) is 3.48. The number of hydrogen-bond donors (Lipinski definition) is 1. The van der Waals surface area contributed by atoms with E-state index in [0.717, 1.165) is 24.3 Å². The first-order valence-electron chi connectivity index (χ1n) is 5.50. The summed E-state index contributed by atoms with van der Waals surface area (Å²) in [6.45, 7) is 0.